The summed E-state index contributed by atoms with van der Waals surface area (Å²) in [6.07, 6.45) is 0.837. The second kappa shape index (κ2) is 7.09. The molecule has 2 rings (SSSR count). The molecular weight excluding hydrogens is 261 g/mol. The van der Waals surface area contributed by atoms with Gasteiger partial charge in [0.05, 0.1) is 18.9 Å². The third-order valence-electron chi connectivity index (χ3n) is 3.11. The van der Waals surface area contributed by atoms with Crippen molar-refractivity contribution in [2.75, 3.05) is 43.1 Å². The van der Waals surface area contributed by atoms with Crippen molar-refractivity contribution in [3.63, 3.8) is 0 Å². The van der Waals surface area contributed by atoms with Crippen LogP contribution in [0.25, 0.3) is 0 Å². The molecule has 2 amide bonds. The Balaban J connectivity index is 2.05. The fraction of sp³-hybridized carbons (Fsp3) is 0.500. The van der Waals surface area contributed by atoms with Gasteiger partial charge < -0.3 is 20.3 Å². The van der Waals surface area contributed by atoms with Crippen LogP contribution in [0.3, 0.4) is 0 Å². The number of carbonyl (C=O) groups is 1. The summed E-state index contributed by atoms with van der Waals surface area (Å²) in [6.45, 7) is 5.39. The third kappa shape index (κ3) is 3.84. The van der Waals surface area contributed by atoms with Crippen molar-refractivity contribution in [1.82, 2.24) is 5.32 Å². The van der Waals surface area contributed by atoms with Crippen molar-refractivity contribution in [2.24, 2.45) is 0 Å². The van der Waals surface area contributed by atoms with Crippen molar-refractivity contribution < 1.29 is 13.9 Å². The minimum Gasteiger partial charge on any atom is -0.378 e. The molecule has 0 atom stereocenters. The van der Waals surface area contributed by atoms with Gasteiger partial charge in [-0.15, -0.1) is 0 Å². The van der Waals surface area contributed by atoms with Crippen LogP contribution in [0.2, 0.25) is 0 Å². The molecule has 0 unspecified atom stereocenters. The summed E-state index contributed by atoms with van der Waals surface area (Å²) in [4.78, 5) is 13.7. The van der Waals surface area contributed by atoms with E-state index in [1.807, 2.05) is 6.92 Å². The number of hydrogen-bond donors (Lipinski definition) is 2. The number of morpholine rings is 1. The van der Waals surface area contributed by atoms with E-state index in [1.54, 1.807) is 12.1 Å². The van der Waals surface area contributed by atoms with E-state index in [-0.39, 0.29) is 11.7 Å². The zero-order valence-electron chi connectivity index (χ0n) is 11.6. The lowest BCUT2D eigenvalue weighted by Gasteiger charge is -2.29. The van der Waals surface area contributed by atoms with Gasteiger partial charge in [-0.1, -0.05) is 6.92 Å². The molecule has 6 heteroatoms. The van der Waals surface area contributed by atoms with Gasteiger partial charge in [-0.2, -0.15) is 0 Å². The highest BCUT2D eigenvalue weighted by molar-refractivity contribution is 5.90. The number of nitrogens with one attached hydrogen (secondary N) is 2. The predicted molar refractivity (Wildman–Crippen MR) is 76.7 cm³/mol. The number of rotatable bonds is 4. The van der Waals surface area contributed by atoms with Crippen molar-refractivity contribution in [2.45, 2.75) is 13.3 Å². The summed E-state index contributed by atoms with van der Waals surface area (Å²) in [7, 11) is 0. The summed E-state index contributed by atoms with van der Waals surface area (Å²) in [5.74, 6) is -0.436. The molecule has 0 aromatic heterocycles. The van der Waals surface area contributed by atoms with E-state index in [0.717, 1.165) is 25.2 Å². The first-order valence-electron chi connectivity index (χ1n) is 6.88. The van der Waals surface area contributed by atoms with Crippen molar-refractivity contribution in [1.29, 1.82) is 0 Å². The zero-order chi connectivity index (χ0) is 14.4. The average Bonchev–Trinajstić information content (AvgIpc) is 2.48. The predicted octanol–water partition coefficient (Wildman–Crippen LogP) is 2.19. The first-order chi connectivity index (χ1) is 9.70. The topological polar surface area (TPSA) is 53.6 Å². The summed E-state index contributed by atoms with van der Waals surface area (Å²) in [5, 5.41) is 5.20. The lowest BCUT2D eigenvalue weighted by atomic mass is 10.2. The lowest BCUT2D eigenvalue weighted by Crippen LogP contribution is -2.36. The van der Waals surface area contributed by atoms with Crippen molar-refractivity contribution >= 4 is 17.4 Å². The van der Waals surface area contributed by atoms with Crippen LogP contribution in [-0.2, 0) is 4.74 Å². The molecule has 5 nitrogen and oxygen atoms in total. The maximum absolute atomic E-state index is 13.7. The molecule has 1 aromatic carbocycles. The van der Waals surface area contributed by atoms with Crippen LogP contribution in [0.15, 0.2) is 18.2 Å². The van der Waals surface area contributed by atoms with E-state index < -0.39 is 5.82 Å². The highest BCUT2D eigenvalue weighted by Gasteiger charge is 2.14. The first-order valence-corrected chi connectivity index (χ1v) is 6.88. The van der Waals surface area contributed by atoms with Gasteiger partial charge >= 0.3 is 6.03 Å². The number of urea groups is 1. The van der Waals surface area contributed by atoms with Crippen LogP contribution in [0, 0.1) is 5.82 Å². The maximum Gasteiger partial charge on any atom is 0.319 e. The summed E-state index contributed by atoms with van der Waals surface area (Å²) < 4.78 is 19.0. The number of ether oxygens (including phenoxy) is 1. The Morgan fingerprint density at radius 3 is 2.85 bits per heavy atom. The molecule has 1 aliphatic rings. The van der Waals surface area contributed by atoms with Crippen LogP contribution in [0.4, 0.5) is 20.6 Å². The molecule has 1 aromatic rings. The highest BCUT2D eigenvalue weighted by atomic mass is 19.1. The Morgan fingerprint density at radius 1 is 1.40 bits per heavy atom. The van der Waals surface area contributed by atoms with Gasteiger partial charge in [0, 0.05) is 25.3 Å². The smallest absolute Gasteiger partial charge is 0.319 e. The molecule has 0 bridgehead atoms. The lowest BCUT2D eigenvalue weighted by molar-refractivity contribution is 0.122. The van der Waals surface area contributed by atoms with Crippen LogP contribution in [-0.4, -0.2) is 38.9 Å². The van der Waals surface area contributed by atoms with Crippen LogP contribution in [0.1, 0.15) is 13.3 Å². The Labute approximate surface area is 118 Å². The largest absolute Gasteiger partial charge is 0.378 e. The minimum atomic E-state index is -0.436. The third-order valence-corrected chi connectivity index (χ3v) is 3.11. The fourth-order valence-corrected chi connectivity index (χ4v) is 2.03. The monoisotopic (exact) mass is 281 g/mol. The molecule has 110 valence electrons. The van der Waals surface area contributed by atoms with Gasteiger partial charge in [0.25, 0.3) is 0 Å². The van der Waals surface area contributed by atoms with Gasteiger partial charge in [-0.3, -0.25) is 0 Å². The number of anilines is 2. The summed E-state index contributed by atoms with van der Waals surface area (Å²) in [6, 6.07) is 4.37. The quantitative estimate of drug-likeness (QED) is 0.889. The molecule has 0 aliphatic carbocycles. The average molecular weight is 281 g/mol. The zero-order valence-corrected chi connectivity index (χ0v) is 11.6. The number of halogens is 1. The Morgan fingerprint density at radius 2 is 2.15 bits per heavy atom. The number of hydrogen-bond acceptors (Lipinski definition) is 3. The molecule has 20 heavy (non-hydrogen) atoms. The van der Waals surface area contributed by atoms with Crippen LogP contribution in [0.5, 0.6) is 0 Å². The Hall–Kier alpha value is -1.82. The molecule has 0 saturated carbocycles. The molecule has 1 aliphatic heterocycles. The Bertz CT molecular complexity index is 462. The molecule has 1 saturated heterocycles. The summed E-state index contributed by atoms with van der Waals surface area (Å²) in [5.41, 5.74) is 1.09. The van der Waals surface area contributed by atoms with Crippen molar-refractivity contribution in [3.05, 3.63) is 24.0 Å². The van der Waals surface area contributed by atoms with Gasteiger partial charge in [0.2, 0.25) is 0 Å². The maximum atomic E-state index is 13.7. The second-order valence-corrected chi connectivity index (χ2v) is 4.64. The first kappa shape index (κ1) is 14.6. The number of nitrogens with zero attached hydrogens (tertiary/aromatic N) is 1. The second-order valence-electron chi connectivity index (χ2n) is 4.64. The van der Waals surface area contributed by atoms with E-state index in [2.05, 4.69) is 15.5 Å². The Kier molecular flexibility index (Phi) is 5.17. The van der Waals surface area contributed by atoms with Crippen molar-refractivity contribution in [3.8, 4) is 0 Å². The van der Waals surface area contributed by atoms with E-state index in [4.69, 9.17) is 4.74 Å². The van der Waals surface area contributed by atoms with E-state index in [1.165, 1.54) is 6.07 Å². The van der Waals surface area contributed by atoms with Gasteiger partial charge in [-0.25, -0.2) is 9.18 Å². The van der Waals surface area contributed by atoms with Gasteiger partial charge in [0.15, 0.2) is 0 Å². The molecule has 0 spiro atoms. The molecule has 1 heterocycles. The molecular formula is C14H20FN3O2. The number of amides is 2. The SMILES string of the molecule is CCCNC(=O)Nc1cc(N2CCOCC2)ccc1F. The van der Waals surface area contributed by atoms with E-state index >= 15 is 0 Å². The van der Waals surface area contributed by atoms with E-state index in [0.29, 0.717) is 19.8 Å². The molecule has 0 radical (unpaired) electrons. The van der Waals surface area contributed by atoms with Crippen LogP contribution < -0.4 is 15.5 Å². The molecule has 2 N–H and O–H groups in total. The minimum absolute atomic E-state index is 0.197. The highest BCUT2D eigenvalue weighted by Crippen LogP contribution is 2.23. The number of carbonyl (C=O) groups excluding carboxylic acids is 1. The summed E-state index contributed by atoms with van der Waals surface area (Å²) >= 11 is 0. The number of benzene rings is 1. The van der Waals surface area contributed by atoms with E-state index in [9.17, 15) is 9.18 Å². The van der Waals surface area contributed by atoms with Gasteiger partial charge in [0.1, 0.15) is 5.82 Å². The normalized spacial score (nSPS) is 15.0. The van der Waals surface area contributed by atoms with Gasteiger partial charge in [-0.05, 0) is 24.6 Å². The standard InChI is InChI=1S/C14H20FN3O2/c1-2-5-16-14(19)17-13-10-11(3-4-12(13)15)18-6-8-20-9-7-18/h3-4,10H,2,5-9H2,1H3,(H2,16,17,19). The van der Waals surface area contributed by atoms with Crippen LogP contribution >= 0.6 is 0 Å². The molecule has 1 fully saturated rings. The fourth-order valence-electron chi connectivity index (χ4n) is 2.03.